The molecular formula is C8H16OS. The number of aliphatic hydroxyl groups excluding tert-OH is 1. The molecule has 0 aromatic rings. The lowest BCUT2D eigenvalue weighted by Crippen LogP contribution is -2.09. The Bertz CT molecular complexity index is 79.3. The second-order valence-corrected chi connectivity index (χ2v) is 4.15. The molecule has 0 amide bonds. The number of hydrogen-bond acceptors (Lipinski definition) is 2. The van der Waals surface area contributed by atoms with Crippen LogP contribution in [0.2, 0.25) is 0 Å². The van der Waals surface area contributed by atoms with E-state index in [2.05, 4.69) is 11.8 Å². The molecule has 1 nitrogen and oxygen atoms in total. The van der Waals surface area contributed by atoms with Crippen LogP contribution in [-0.2, 0) is 0 Å². The van der Waals surface area contributed by atoms with Gasteiger partial charge in [0.05, 0.1) is 0 Å². The van der Waals surface area contributed by atoms with Gasteiger partial charge in [-0.3, -0.25) is 0 Å². The van der Waals surface area contributed by atoms with E-state index in [4.69, 9.17) is 5.11 Å². The van der Waals surface area contributed by atoms with Crippen molar-refractivity contribution in [2.24, 2.45) is 5.92 Å². The van der Waals surface area contributed by atoms with Crippen molar-refractivity contribution < 1.29 is 5.11 Å². The minimum absolute atomic E-state index is 0.379. The highest BCUT2D eigenvalue weighted by Crippen LogP contribution is 2.25. The van der Waals surface area contributed by atoms with Gasteiger partial charge in [0, 0.05) is 6.61 Å². The van der Waals surface area contributed by atoms with Crippen molar-refractivity contribution in [1.29, 1.82) is 0 Å². The molecule has 0 atom stereocenters. The summed E-state index contributed by atoms with van der Waals surface area (Å²) in [4.78, 5) is 0. The minimum atomic E-state index is 0.379. The SMILES string of the molecule is OCCCC1CCSCC1. The van der Waals surface area contributed by atoms with Crippen molar-refractivity contribution in [3.63, 3.8) is 0 Å². The highest BCUT2D eigenvalue weighted by Gasteiger charge is 2.12. The predicted octanol–water partition coefficient (Wildman–Crippen LogP) is 1.90. The Hall–Kier alpha value is 0.310. The summed E-state index contributed by atoms with van der Waals surface area (Å²) in [6, 6.07) is 0. The summed E-state index contributed by atoms with van der Waals surface area (Å²) in [6.45, 7) is 0.379. The van der Waals surface area contributed by atoms with Crippen LogP contribution in [0.3, 0.4) is 0 Å². The number of hydrogen-bond donors (Lipinski definition) is 1. The van der Waals surface area contributed by atoms with Gasteiger partial charge in [0.15, 0.2) is 0 Å². The summed E-state index contributed by atoms with van der Waals surface area (Å²) in [5, 5.41) is 8.59. The quantitative estimate of drug-likeness (QED) is 0.680. The van der Waals surface area contributed by atoms with Crippen molar-refractivity contribution in [2.45, 2.75) is 25.7 Å². The lowest BCUT2D eigenvalue weighted by atomic mass is 9.97. The van der Waals surface area contributed by atoms with E-state index in [1.165, 1.54) is 30.8 Å². The molecule has 0 bridgehead atoms. The fourth-order valence-corrected chi connectivity index (χ4v) is 2.62. The first-order valence-electron chi connectivity index (χ1n) is 4.12. The van der Waals surface area contributed by atoms with Gasteiger partial charge in [-0.15, -0.1) is 0 Å². The van der Waals surface area contributed by atoms with Gasteiger partial charge in [-0.2, -0.15) is 11.8 Å². The number of aliphatic hydroxyl groups is 1. The fraction of sp³-hybridized carbons (Fsp3) is 1.00. The van der Waals surface area contributed by atoms with Crippen LogP contribution in [0.1, 0.15) is 25.7 Å². The summed E-state index contributed by atoms with van der Waals surface area (Å²) < 4.78 is 0. The van der Waals surface area contributed by atoms with Crippen LogP contribution >= 0.6 is 11.8 Å². The highest BCUT2D eigenvalue weighted by molar-refractivity contribution is 7.99. The van der Waals surface area contributed by atoms with Crippen LogP contribution in [0, 0.1) is 5.92 Å². The topological polar surface area (TPSA) is 20.2 Å². The molecule has 0 spiro atoms. The summed E-state index contributed by atoms with van der Waals surface area (Å²) in [6.07, 6.45) is 5.02. The molecule has 0 saturated carbocycles. The third-order valence-electron chi connectivity index (χ3n) is 2.11. The summed E-state index contributed by atoms with van der Waals surface area (Å²) in [5.41, 5.74) is 0. The minimum Gasteiger partial charge on any atom is -0.396 e. The lowest BCUT2D eigenvalue weighted by Gasteiger charge is -2.20. The normalized spacial score (nSPS) is 21.3. The summed E-state index contributed by atoms with van der Waals surface area (Å²) in [5.74, 6) is 3.61. The summed E-state index contributed by atoms with van der Waals surface area (Å²) in [7, 11) is 0. The van der Waals surface area contributed by atoms with E-state index in [9.17, 15) is 0 Å². The highest BCUT2D eigenvalue weighted by atomic mass is 32.2. The molecule has 1 aliphatic heterocycles. The molecule has 1 aliphatic rings. The molecule has 1 heterocycles. The zero-order valence-corrected chi connectivity index (χ0v) is 7.20. The molecule has 1 saturated heterocycles. The van der Waals surface area contributed by atoms with Crippen LogP contribution in [0.25, 0.3) is 0 Å². The third-order valence-corrected chi connectivity index (χ3v) is 3.16. The second-order valence-electron chi connectivity index (χ2n) is 2.92. The average Bonchev–Trinajstić information content (AvgIpc) is 2.03. The molecule has 0 radical (unpaired) electrons. The predicted molar refractivity (Wildman–Crippen MR) is 46.4 cm³/mol. The lowest BCUT2D eigenvalue weighted by molar-refractivity contribution is 0.268. The molecule has 0 unspecified atom stereocenters. The van der Waals surface area contributed by atoms with Crippen LogP contribution in [0.5, 0.6) is 0 Å². The molecule has 10 heavy (non-hydrogen) atoms. The molecule has 0 aliphatic carbocycles. The van der Waals surface area contributed by atoms with E-state index in [1.54, 1.807) is 0 Å². The van der Waals surface area contributed by atoms with E-state index in [1.807, 2.05) is 0 Å². The van der Waals surface area contributed by atoms with E-state index in [0.717, 1.165) is 12.3 Å². The van der Waals surface area contributed by atoms with Gasteiger partial charge in [-0.25, -0.2) is 0 Å². The van der Waals surface area contributed by atoms with Crippen molar-refractivity contribution in [1.82, 2.24) is 0 Å². The first-order chi connectivity index (χ1) is 4.93. The van der Waals surface area contributed by atoms with Gasteiger partial charge in [0.2, 0.25) is 0 Å². The van der Waals surface area contributed by atoms with Gasteiger partial charge in [0.25, 0.3) is 0 Å². The van der Waals surface area contributed by atoms with E-state index in [-0.39, 0.29) is 0 Å². The first-order valence-corrected chi connectivity index (χ1v) is 5.27. The standard InChI is InChI=1S/C8H16OS/c9-5-1-2-8-3-6-10-7-4-8/h8-9H,1-7H2. The van der Waals surface area contributed by atoms with E-state index >= 15 is 0 Å². The Morgan fingerprint density at radius 2 is 2.00 bits per heavy atom. The monoisotopic (exact) mass is 160 g/mol. The van der Waals surface area contributed by atoms with Gasteiger partial charge in [0.1, 0.15) is 0 Å². The Kier molecular flexibility index (Phi) is 4.23. The van der Waals surface area contributed by atoms with Gasteiger partial charge in [-0.1, -0.05) is 0 Å². The molecule has 1 rings (SSSR count). The zero-order valence-electron chi connectivity index (χ0n) is 6.38. The van der Waals surface area contributed by atoms with Crippen molar-refractivity contribution in [3.8, 4) is 0 Å². The molecule has 1 fully saturated rings. The maximum Gasteiger partial charge on any atom is 0.0431 e. The number of rotatable bonds is 3. The van der Waals surface area contributed by atoms with E-state index < -0.39 is 0 Å². The zero-order chi connectivity index (χ0) is 7.23. The average molecular weight is 160 g/mol. The molecule has 0 aromatic carbocycles. The van der Waals surface area contributed by atoms with Crippen LogP contribution < -0.4 is 0 Å². The van der Waals surface area contributed by atoms with Crippen molar-refractivity contribution in [2.75, 3.05) is 18.1 Å². The Labute approximate surface area is 67.2 Å². The smallest absolute Gasteiger partial charge is 0.0431 e. The van der Waals surface area contributed by atoms with Gasteiger partial charge in [-0.05, 0) is 43.1 Å². The molecule has 0 aromatic heterocycles. The Morgan fingerprint density at radius 1 is 1.30 bits per heavy atom. The Morgan fingerprint density at radius 3 is 2.60 bits per heavy atom. The van der Waals surface area contributed by atoms with E-state index in [0.29, 0.717) is 6.61 Å². The van der Waals surface area contributed by atoms with Crippen molar-refractivity contribution >= 4 is 11.8 Å². The molecular weight excluding hydrogens is 144 g/mol. The van der Waals surface area contributed by atoms with Gasteiger partial charge < -0.3 is 5.11 Å². The van der Waals surface area contributed by atoms with Crippen LogP contribution in [-0.4, -0.2) is 23.2 Å². The van der Waals surface area contributed by atoms with Crippen LogP contribution in [0.15, 0.2) is 0 Å². The maximum atomic E-state index is 8.59. The molecule has 60 valence electrons. The third kappa shape index (κ3) is 2.93. The largest absolute Gasteiger partial charge is 0.396 e. The molecule has 1 N–H and O–H groups in total. The fourth-order valence-electron chi connectivity index (χ4n) is 1.42. The first kappa shape index (κ1) is 8.41. The summed E-state index contributed by atoms with van der Waals surface area (Å²) >= 11 is 2.07. The second kappa shape index (κ2) is 5.03. The van der Waals surface area contributed by atoms with Crippen molar-refractivity contribution in [3.05, 3.63) is 0 Å². The maximum absolute atomic E-state index is 8.59. The van der Waals surface area contributed by atoms with Gasteiger partial charge >= 0.3 is 0 Å². The molecule has 2 heteroatoms. The van der Waals surface area contributed by atoms with Crippen LogP contribution in [0.4, 0.5) is 0 Å². The number of thioether (sulfide) groups is 1. The Balaban J connectivity index is 2.02.